The van der Waals surface area contributed by atoms with E-state index in [-0.39, 0.29) is 5.75 Å². The molecule has 2 heterocycles. The Bertz CT molecular complexity index is 445. The van der Waals surface area contributed by atoms with E-state index in [9.17, 15) is 0 Å². The van der Waals surface area contributed by atoms with Gasteiger partial charge in [-0.15, -0.1) is 0 Å². The maximum atomic E-state index is 9.09. The molecule has 4 heteroatoms. The van der Waals surface area contributed by atoms with Crippen LogP contribution in [0.3, 0.4) is 0 Å². The topological polar surface area (TPSA) is 50.9 Å². The molecule has 0 fully saturated rings. The summed E-state index contributed by atoms with van der Waals surface area (Å²) >= 11 is 0. The third-order valence-electron chi connectivity index (χ3n) is 2.01. The zero-order valence-electron chi connectivity index (χ0n) is 8.10. The van der Waals surface area contributed by atoms with Gasteiger partial charge in [0.05, 0.1) is 23.3 Å². The van der Waals surface area contributed by atoms with Gasteiger partial charge in [0.25, 0.3) is 0 Å². The molecule has 4 nitrogen and oxygen atoms in total. The highest BCUT2D eigenvalue weighted by molar-refractivity contribution is 5.55. The maximum Gasteiger partial charge on any atom is 0.133 e. The Labute approximate surface area is 81.8 Å². The van der Waals surface area contributed by atoms with Crippen LogP contribution in [-0.2, 0) is 7.05 Å². The van der Waals surface area contributed by atoms with Crippen molar-refractivity contribution in [2.45, 2.75) is 6.92 Å². The molecular formula is C10H11N3O. The second kappa shape index (κ2) is 3.14. The molecule has 0 aliphatic heterocycles. The summed E-state index contributed by atoms with van der Waals surface area (Å²) in [6.45, 7) is 1.93. The lowest BCUT2D eigenvalue weighted by Gasteiger charge is -2.00. The van der Waals surface area contributed by atoms with E-state index >= 15 is 0 Å². The molecule has 2 aromatic rings. The minimum atomic E-state index is 0.174. The first kappa shape index (κ1) is 8.74. The highest BCUT2D eigenvalue weighted by atomic mass is 16.3. The summed E-state index contributed by atoms with van der Waals surface area (Å²) in [5.74, 6) is 0.174. The Morgan fingerprint density at radius 2 is 2.14 bits per heavy atom. The predicted octanol–water partition coefficient (Wildman–Crippen LogP) is 1.50. The van der Waals surface area contributed by atoms with E-state index in [2.05, 4.69) is 10.1 Å². The summed E-state index contributed by atoms with van der Waals surface area (Å²) in [4.78, 5) is 4.11. The molecule has 0 bridgehead atoms. The van der Waals surface area contributed by atoms with Crippen LogP contribution in [0, 0.1) is 6.92 Å². The van der Waals surface area contributed by atoms with Crippen LogP contribution < -0.4 is 0 Å². The van der Waals surface area contributed by atoms with Crippen LogP contribution in [0.5, 0.6) is 5.75 Å². The minimum absolute atomic E-state index is 0.174. The van der Waals surface area contributed by atoms with Gasteiger partial charge >= 0.3 is 0 Å². The smallest absolute Gasteiger partial charge is 0.133 e. The average molecular weight is 189 g/mol. The van der Waals surface area contributed by atoms with Crippen LogP contribution in [0.25, 0.3) is 11.4 Å². The molecular weight excluding hydrogens is 178 g/mol. The molecule has 2 aromatic heterocycles. The van der Waals surface area contributed by atoms with Gasteiger partial charge in [0.15, 0.2) is 0 Å². The molecule has 0 aromatic carbocycles. The zero-order chi connectivity index (χ0) is 10.1. The van der Waals surface area contributed by atoms with Crippen molar-refractivity contribution in [1.82, 2.24) is 14.8 Å². The van der Waals surface area contributed by atoms with Crippen molar-refractivity contribution in [3.8, 4) is 17.1 Å². The first-order valence-corrected chi connectivity index (χ1v) is 4.33. The number of rotatable bonds is 1. The first-order chi connectivity index (χ1) is 6.66. The van der Waals surface area contributed by atoms with E-state index in [1.54, 1.807) is 16.8 Å². The standard InChI is InChI=1S/C10H11N3O/c1-7-5-10(13(2)12-7)9-4-3-8(14)6-11-9/h3-6,14H,1-2H3. The van der Waals surface area contributed by atoms with E-state index < -0.39 is 0 Å². The van der Waals surface area contributed by atoms with Crippen molar-refractivity contribution in [2.75, 3.05) is 0 Å². The number of pyridine rings is 1. The van der Waals surface area contributed by atoms with Crippen LogP contribution in [0.2, 0.25) is 0 Å². The zero-order valence-corrected chi connectivity index (χ0v) is 8.10. The van der Waals surface area contributed by atoms with Gasteiger partial charge in [0, 0.05) is 7.05 Å². The molecule has 0 saturated heterocycles. The fraction of sp³-hybridized carbons (Fsp3) is 0.200. The van der Waals surface area contributed by atoms with Crippen molar-refractivity contribution < 1.29 is 5.11 Å². The fourth-order valence-corrected chi connectivity index (χ4v) is 1.39. The van der Waals surface area contributed by atoms with Crippen molar-refractivity contribution in [3.05, 3.63) is 30.1 Å². The number of aromatic hydroxyl groups is 1. The molecule has 0 aliphatic rings. The van der Waals surface area contributed by atoms with Gasteiger partial charge in [-0.1, -0.05) is 0 Å². The molecule has 0 spiro atoms. The average Bonchev–Trinajstić information content (AvgIpc) is 2.47. The predicted molar refractivity (Wildman–Crippen MR) is 52.8 cm³/mol. The monoisotopic (exact) mass is 189 g/mol. The Morgan fingerprint density at radius 3 is 2.64 bits per heavy atom. The van der Waals surface area contributed by atoms with Gasteiger partial charge in [-0.05, 0) is 25.1 Å². The van der Waals surface area contributed by atoms with Crippen LogP contribution in [0.1, 0.15) is 5.69 Å². The van der Waals surface area contributed by atoms with Crippen LogP contribution in [0.4, 0.5) is 0 Å². The first-order valence-electron chi connectivity index (χ1n) is 4.33. The third-order valence-corrected chi connectivity index (χ3v) is 2.01. The molecule has 14 heavy (non-hydrogen) atoms. The Hall–Kier alpha value is -1.84. The van der Waals surface area contributed by atoms with Crippen molar-refractivity contribution in [1.29, 1.82) is 0 Å². The quantitative estimate of drug-likeness (QED) is 0.739. The minimum Gasteiger partial charge on any atom is -0.506 e. The summed E-state index contributed by atoms with van der Waals surface area (Å²) in [5, 5.41) is 13.3. The molecule has 0 aliphatic carbocycles. The van der Waals surface area contributed by atoms with Gasteiger partial charge in [-0.25, -0.2) is 0 Å². The summed E-state index contributed by atoms with van der Waals surface area (Å²) in [6, 6.07) is 5.34. The molecule has 0 unspecified atom stereocenters. The Balaban J connectivity index is 2.49. The molecule has 0 radical (unpaired) electrons. The lowest BCUT2D eigenvalue weighted by atomic mass is 10.2. The van der Waals surface area contributed by atoms with E-state index in [0.29, 0.717) is 0 Å². The number of nitrogens with zero attached hydrogens (tertiary/aromatic N) is 3. The SMILES string of the molecule is Cc1cc(-c2ccc(O)cn2)n(C)n1. The van der Waals surface area contributed by atoms with E-state index in [1.807, 2.05) is 20.0 Å². The molecule has 0 saturated carbocycles. The van der Waals surface area contributed by atoms with E-state index in [4.69, 9.17) is 5.11 Å². The summed E-state index contributed by atoms with van der Waals surface area (Å²) in [7, 11) is 1.87. The van der Waals surface area contributed by atoms with Gasteiger partial charge < -0.3 is 5.11 Å². The highest BCUT2D eigenvalue weighted by Gasteiger charge is 2.05. The summed E-state index contributed by atoms with van der Waals surface area (Å²) in [6.07, 6.45) is 1.43. The second-order valence-electron chi connectivity index (χ2n) is 3.20. The Morgan fingerprint density at radius 1 is 1.36 bits per heavy atom. The number of hydrogen-bond acceptors (Lipinski definition) is 3. The van der Waals surface area contributed by atoms with Gasteiger partial charge in [0.2, 0.25) is 0 Å². The normalized spacial score (nSPS) is 10.4. The summed E-state index contributed by atoms with van der Waals surface area (Å²) in [5.41, 5.74) is 2.71. The maximum absolute atomic E-state index is 9.09. The lowest BCUT2D eigenvalue weighted by Crippen LogP contribution is -1.94. The number of hydrogen-bond donors (Lipinski definition) is 1. The van der Waals surface area contributed by atoms with Gasteiger partial charge in [0.1, 0.15) is 5.75 Å². The second-order valence-corrected chi connectivity index (χ2v) is 3.20. The fourth-order valence-electron chi connectivity index (χ4n) is 1.39. The van der Waals surface area contributed by atoms with Crippen LogP contribution >= 0.6 is 0 Å². The molecule has 2 rings (SSSR count). The summed E-state index contributed by atoms with van der Waals surface area (Å²) < 4.78 is 1.77. The lowest BCUT2D eigenvalue weighted by molar-refractivity contribution is 0.473. The molecule has 0 amide bonds. The van der Waals surface area contributed by atoms with E-state index in [1.165, 1.54) is 6.20 Å². The molecule has 72 valence electrons. The van der Waals surface area contributed by atoms with Gasteiger partial charge in [-0.2, -0.15) is 5.10 Å². The van der Waals surface area contributed by atoms with Gasteiger partial charge in [-0.3, -0.25) is 9.67 Å². The Kier molecular flexibility index (Phi) is 1.96. The van der Waals surface area contributed by atoms with Crippen molar-refractivity contribution in [2.24, 2.45) is 7.05 Å². The molecule has 1 N–H and O–H groups in total. The van der Waals surface area contributed by atoms with Crippen LogP contribution in [0.15, 0.2) is 24.4 Å². The number of aromatic nitrogens is 3. The van der Waals surface area contributed by atoms with Crippen LogP contribution in [-0.4, -0.2) is 19.9 Å². The van der Waals surface area contributed by atoms with Crippen molar-refractivity contribution >= 4 is 0 Å². The van der Waals surface area contributed by atoms with E-state index in [0.717, 1.165) is 17.1 Å². The molecule has 0 atom stereocenters. The highest BCUT2D eigenvalue weighted by Crippen LogP contribution is 2.18. The third kappa shape index (κ3) is 1.46. The number of aryl methyl sites for hydroxylation is 2. The van der Waals surface area contributed by atoms with Crippen molar-refractivity contribution in [3.63, 3.8) is 0 Å². The largest absolute Gasteiger partial charge is 0.506 e.